The first-order valence-electron chi connectivity index (χ1n) is 9.08. The van der Waals surface area contributed by atoms with Crippen LogP contribution in [0.15, 0.2) is 59.6 Å². The SMILES string of the molecule is O=S(=O)(c1ccc(F)cc1F)N1CCN(Cc2cnn(-c3ccccc3)n2)CC1. The van der Waals surface area contributed by atoms with Crippen molar-refractivity contribution in [3.63, 3.8) is 0 Å². The Balaban J connectivity index is 1.39. The number of benzene rings is 2. The van der Waals surface area contributed by atoms with E-state index >= 15 is 0 Å². The van der Waals surface area contributed by atoms with Crippen LogP contribution in [0.2, 0.25) is 0 Å². The van der Waals surface area contributed by atoms with E-state index in [0.717, 1.165) is 23.5 Å². The van der Waals surface area contributed by atoms with Crippen LogP contribution in [-0.2, 0) is 16.6 Å². The Morgan fingerprint density at radius 1 is 0.966 bits per heavy atom. The summed E-state index contributed by atoms with van der Waals surface area (Å²) in [6.07, 6.45) is 1.68. The average molecular weight is 419 g/mol. The second kappa shape index (κ2) is 7.97. The minimum atomic E-state index is -4.00. The number of aromatic nitrogens is 3. The van der Waals surface area contributed by atoms with E-state index in [1.165, 1.54) is 4.31 Å². The van der Waals surface area contributed by atoms with Gasteiger partial charge in [-0.3, -0.25) is 4.90 Å². The molecule has 1 aliphatic heterocycles. The highest BCUT2D eigenvalue weighted by Gasteiger charge is 2.31. The van der Waals surface area contributed by atoms with Gasteiger partial charge in [-0.15, -0.1) is 0 Å². The van der Waals surface area contributed by atoms with E-state index in [4.69, 9.17) is 0 Å². The van der Waals surface area contributed by atoms with E-state index < -0.39 is 26.6 Å². The van der Waals surface area contributed by atoms with Crippen molar-refractivity contribution in [1.29, 1.82) is 0 Å². The van der Waals surface area contributed by atoms with Gasteiger partial charge in [0.25, 0.3) is 0 Å². The van der Waals surface area contributed by atoms with Gasteiger partial charge in [-0.25, -0.2) is 17.2 Å². The van der Waals surface area contributed by atoms with E-state index in [1.807, 2.05) is 30.3 Å². The number of hydrogen-bond acceptors (Lipinski definition) is 5. The van der Waals surface area contributed by atoms with Crippen molar-refractivity contribution in [2.75, 3.05) is 26.2 Å². The number of nitrogens with zero attached hydrogens (tertiary/aromatic N) is 5. The van der Waals surface area contributed by atoms with Gasteiger partial charge in [0.15, 0.2) is 0 Å². The van der Waals surface area contributed by atoms with Crippen LogP contribution >= 0.6 is 0 Å². The molecule has 29 heavy (non-hydrogen) atoms. The molecule has 0 saturated carbocycles. The summed E-state index contributed by atoms with van der Waals surface area (Å²) in [7, 11) is -4.00. The molecule has 1 aliphatic rings. The van der Waals surface area contributed by atoms with E-state index in [9.17, 15) is 17.2 Å². The quantitative estimate of drug-likeness (QED) is 0.633. The molecular weight excluding hydrogens is 400 g/mol. The topological polar surface area (TPSA) is 71.3 Å². The Morgan fingerprint density at radius 2 is 1.69 bits per heavy atom. The first-order valence-corrected chi connectivity index (χ1v) is 10.5. The lowest BCUT2D eigenvalue weighted by Crippen LogP contribution is -2.48. The molecule has 1 fully saturated rings. The van der Waals surface area contributed by atoms with Gasteiger partial charge in [-0.05, 0) is 24.3 Å². The summed E-state index contributed by atoms with van der Waals surface area (Å²) >= 11 is 0. The average Bonchev–Trinajstić information content (AvgIpc) is 3.17. The molecule has 0 spiro atoms. The zero-order chi connectivity index (χ0) is 20.4. The summed E-state index contributed by atoms with van der Waals surface area (Å²) in [6, 6.07) is 12.0. The van der Waals surface area contributed by atoms with Crippen LogP contribution in [0.1, 0.15) is 5.69 Å². The molecule has 0 aliphatic carbocycles. The van der Waals surface area contributed by atoms with Crippen molar-refractivity contribution in [1.82, 2.24) is 24.2 Å². The van der Waals surface area contributed by atoms with Crippen LogP contribution in [-0.4, -0.2) is 58.8 Å². The van der Waals surface area contributed by atoms with Gasteiger partial charge in [0, 0.05) is 38.8 Å². The molecule has 0 atom stereocenters. The van der Waals surface area contributed by atoms with Crippen LogP contribution in [0.25, 0.3) is 5.69 Å². The number of sulfonamides is 1. The second-order valence-corrected chi connectivity index (χ2v) is 8.62. The van der Waals surface area contributed by atoms with Crippen molar-refractivity contribution in [3.05, 3.63) is 72.1 Å². The summed E-state index contributed by atoms with van der Waals surface area (Å²) < 4.78 is 53.6. The number of halogens is 2. The zero-order valence-electron chi connectivity index (χ0n) is 15.4. The highest BCUT2D eigenvalue weighted by Crippen LogP contribution is 2.21. The maximum atomic E-state index is 13.9. The highest BCUT2D eigenvalue weighted by atomic mass is 32.2. The number of rotatable bonds is 5. The van der Waals surface area contributed by atoms with E-state index in [1.54, 1.807) is 11.0 Å². The molecule has 152 valence electrons. The molecule has 0 bridgehead atoms. The Morgan fingerprint density at radius 3 is 2.38 bits per heavy atom. The molecule has 10 heteroatoms. The predicted molar refractivity (Wildman–Crippen MR) is 102 cm³/mol. The Kier molecular flexibility index (Phi) is 5.39. The molecule has 3 aromatic rings. The Labute approximate surface area is 167 Å². The van der Waals surface area contributed by atoms with Crippen molar-refractivity contribution in [2.45, 2.75) is 11.4 Å². The fourth-order valence-electron chi connectivity index (χ4n) is 3.23. The molecule has 0 N–H and O–H groups in total. The fourth-order valence-corrected chi connectivity index (χ4v) is 4.70. The summed E-state index contributed by atoms with van der Waals surface area (Å²) in [5.41, 5.74) is 1.63. The molecule has 0 radical (unpaired) electrons. The fraction of sp³-hybridized carbons (Fsp3) is 0.263. The van der Waals surface area contributed by atoms with Crippen molar-refractivity contribution >= 4 is 10.0 Å². The summed E-state index contributed by atoms with van der Waals surface area (Å²) in [6.45, 7) is 1.91. The van der Waals surface area contributed by atoms with Gasteiger partial charge >= 0.3 is 0 Å². The first-order chi connectivity index (χ1) is 13.9. The first kappa shape index (κ1) is 19.6. The zero-order valence-corrected chi connectivity index (χ0v) is 16.3. The van der Waals surface area contributed by atoms with Gasteiger partial charge in [-0.1, -0.05) is 18.2 Å². The third kappa shape index (κ3) is 4.19. The van der Waals surface area contributed by atoms with Gasteiger partial charge in [0.2, 0.25) is 10.0 Å². The van der Waals surface area contributed by atoms with E-state index in [-0.39, 0.29) is 13.1 Å². The standard InChI is InChI=1S/C19H19F2N5O2S/c20-15-6-7-19(18(21)12-15)29(27,28)25-10-8-24(9-11-25)14-16-13-22-26(23-16)17-4-2-1-3-5-17/h1-7,12-13H,8-11,14H2. The molecular formula is C19H19F2N5O2S. The number of piperazine rings is 1. The normalized spacial score (nSPS) is 16.2. The van der Waals surface area contributed by atoms with E-state index in [0.29, 0.717) is 25.7 Å². The summed E-state index contributed by atoms with van der Waals surface area (Å²) in [5.74, 6) is -1.89. The van der Waals surface area contributed by atoms with Crippen LogP contribution in [0, 0.1) is 11.6 Å². The summed E-state index contributed by atoms with van der Waals surface area (Å²) in [5, 5.41) is 8.72. The lowest BCUT2D eigenvalue weighted by Gasteiger charge is -2.33. The highest BCUT2D eigenvalue weighted by molar-refractivity contribution is 7.89. The molecule has 1 saturated heterocycles. The van der Waals surface area contributed by atoms with Gasteiger partial charge in [0.1, 0.15) is 16.5 Å². The molecule has 0 unspecified atom stereocenters. The van der Waals surface area contributed by atoms with Crippen LogP contribution in [0.4, 0.5) is 8.78 Å². The van der Waals surface area contributed by atoms with Crippen molar-refractivity contribution < 1.29 is 17.2 Å². The lowest BCUT2D eigenvalue weighted by atomic mass is 10.3. The van der Waals surface area contributed by atoms with Gasteiger partial charge < -0.3 is 0 Å². The molecule has 2 aromatic carbocycles. The van der Waals surface area contributed by atoms with Crippen molar-refractivity contribution in [3.8, 4) is 5.69 Å². The van der Waals surface area contributed by atoms with Crippen LogP contribution in [0.3, 0.4) is 0 Å². The molecule has 7 nitrogen and oxygen atoms in total. The molecule has 1 aromatic heterocycles. The van der Waals surface area contributed by atoms with Crippen molar-refractivity contribution in [2.24, 2.45) is 0 Å². The maximum Gasteiger partial charge on any atom is 0.246 e. The molecule has 0 amide bonds. The molecule has 4 rings (SSSR count). The Hall–Kier alpha value is -2.69. The predicted octanol–water partition coefficient (Wildman–Crippen LogP) is 2.05. The second-order valence-electron chi connectivity index (χ2n) is 6.72. The van der Waals surface area contributed by atoms with Crippen LogP contribution in [0.5, 0.6) is 0 Å². The Bertz CT molecular complexity index is 1100. The molecule has 2 heterocycles. The van der Waals surface area contributed by atoms with E-state index in [2.05, 4.69) is 15.1 Å². The third-order valence-corrected chi connectivity index (χ3v) is 6.69. The smallest absolute Gasteiger partial charge is 0.246 e. The number of para-hydroxylation sites is 1. The lowest BCUT2D eigenvalue weighted by molar-refractivity contribution is 0.179. The summed E-state index contributed by atoms with van der Waals surface area (Å²) in [4.78, 5) is 3.11. The number of hydrogen-bond donors (Lipinski definition) is 0. The minimum absolute atomic E-state index is 0.214. The largest absolute Gasteiger partial charge is 0.295 e. The van der Waals surface area contributed by atoms with Gasteiger partial charge in [0.05, 0.1) is 17.6 Å². The maximum absolute atomic E-state index is 13.9. The third-order valence-electron chi connectivity index (χ3n) is 4.76. The monoisotopic (exact) mass is 419 g/mol. The van der Waals surface area contributed by atoms with Gasteiger partial charge in [-0.2, -0.15) is 19.3 Å². The van der Waals surface area contributed by atoms with Crippen LogP contribution < -0.4 is 0 Å². The minimum Gasteiger partial charge on any atom is -0.295 e.